The molecule has 0 aliphatic carbocycles. The Morgan fingerprint density at radius 3 is 2.67 bits per heavy atom. The predicted octanol–water partition coefficient (Wildman–Crippen LogP) is 3.39. The van der Waals surface area contributed by atoms with E-state index in [4.69, 9.17) is 0 Å². The quantitative estimate of drug-likeness (QED) is 0.606. The van der Waals surface area contributed by atoms with Crippen molar-refractivity contribution in [1.29, 1.82) is 0 Å². The second kappa shape index (κ2) is 9.51. The molecule has 1 aliphatic heterocycles. The molecule has 3 rings (SSSR count). The summed E-state index contributed by atoms with van der Waals surface area (Å²) in [6, 6.07) is 16.5. The van der Waals surface area contributed by atoms with Gasteiger partial charge in [-0.05, 0) is 48.9 Å². The molecule has 1 saturated heterocycles. The molecule has 27 heavy (non-hydrogen) atoms. The van der Waals surface area contributed by atoms with E-state index in [9.17, 15) is 9.50 Å². The molecule has 0 amide bonds. The number of hydrogen-bond acceptors (Lipinski definition) is 2. The van der Waals surface area contributed by atoms with E-state index in [1.165, 1.54) is 17.7 Å². The van der Waals surface area contributed by atoms with Gasteiger partial charge < -0.3 is 15.3 Å². The van der Waals surface area contributed by atoms with E-state index in [1.54, 1.807) is 12.1 Å². The summed E-state index contributed by atoms with van der Waals surface area (Å²) in [5.41, 5.74) is 2.05. The fourth-order valence-corrected chi connectivity index (χ4v) is 3.53. The van der Waals surface area contributed by atoms with E-state index in [-0.39, 0.29) is 12.4 Å². The van der Waals surface area contributed by atoms with Gasteiger partial charge in [-0.25, -0.2) is 4.39 Å². The second-order valence-electron chi connectivity index (χ2n) is 7.05. The van der Waals surface area contributed by atoms with Gasteiger partial charge in [0.15, 0.2) is 5.96 Å². The zero-order valence-corrected chi connectivity index (χ0v) is 15.8. The molecule has 0 saturated carbocycles. The number of benzene rings is 2. The first kappa shape index (κ1) is 19.4. The third-order valence-corrected chi connectivity index (χ3v) is 4.96. The summed E-state index contributed by atoms with van der Waals surface area (Å²) in [6.45, 7) is 5.02. The summed E-state index contributed by atoms with van der Waals surface area (Å²) in [4.78, 5) is 6.90. The number of hydrogen-bond donors (Lipinski definition) is 2. The lowest BCUT2D eigenvalue weighted by Crippen LogP contribution is -2.40. The fraction of sp³-hybridized carbons (Fsp3) is 0.409. The van der Waals surface area contributed by atoms with Crippen LogP contribution in [0.25, 0.3) is 0 Å². The normalized spacial score (nSPS) is 18.6. The fourth-order valence-electron chi connectivity index (χ4n) is 3.53. The molecule has 144 valence electrons. The summed E-state index contributed by atoms with van der Waals surface area (Å²) in [7, 11) is 0. The van der Waals surface area contributed by atoms with Crippen molar-refractivity contribution in [3.8, 4) is 0 Å². The first-order valence-electron chi connectivity index (χ1n) is 9.66. The van der Waals surface area contributed by atoms with Crippen molar-refractivity contribution in [1.82, 2.24) is 10.2 Å². The van der Waals surface area contributed by atoms with Gasteiger partial charge >= 0.3 is 0 Å². The summed E-state index contributed by atoms with van der Waals surface area (Å²) < 4.78 is 13.0. The van der Waals surface area contributed by atoms with Gasteiger partial charge in [0.1, 0.15) is 5.82 Å². The summed E-state index contributed by atoms with van der Waals surface area (Å²) in [5.74, 6) is 1.15. The number of rotatable bonds is 6. The smallest absolute Gasteiger partial charge is 0.194 e. The molecule has 1 fully saturated rings. The first-order chi connectivity index (χ1) is 13.2. The molecule has 2 aromatic carbocycles. The Morgan fingerprint density at radius 1 is 1.22 bits per heavy atom. The zero-order chi connectivity index (χ0) is 19.1. The van der Waals surface area contributed by atoms with Crippen molar-refractivity contribution in [2.45, 2.75) is 25.9 Å². The van der Waals surface area contributed by atoms with E-state index >= 15 is 0 Å². The Balaban J connectivity index is 1.59. The summed E-state index contributed by atoms with van der Waals surface area (Å²) in [5, 5.41) is 13.7. The monoisotopic (exact) mass is 369 g/mol. The number of aliphatic hydroxyl groups is 1. The van der Waals surface area contributed by atoms with Crippen LogP contribution in [0, 0.1) is 11.7 Å². The van der Waals surface area contributed by atoms with Gasteiger partial charge in [0.05, 0.1) is 12.6 Å². The van der Waals surface area contributed by atoms with Crippen LogP contribution >= 0.6 is 0 Å². The van der Waals surface area contributed by atoms with Gasteiger partial charge in [0.25, 0.3) is 0 Å². The van der Waals surface area contributed by atoms with E-state index in [1.807, 2.05) is 13.0 Å². The van der Waals surface area contributed by atoms with Crippen molar-refractivity contribution in [3.05, 3.63) is 71.5 Å². The number of nitrogens with zero attached hydrogens (tertiary/aromatic N) is 2. The minimum absolute atomic E-state index is 0.258. The number of nitrogens with one attached hydrogen (secondary N) is 1. The lowest BCUT2D eigenvalue weighted by Gasteiger charge is -2.22. The van der Waals surface area contributed by atoms with Gasteiger partial charge in [-0.1, -0.05) is 42.5 Å². The molecule has 2 atom stereocenters. The number of likely N-dealkylation sites (tertiary alicyclic amines) is 1. The van der Waals surface area contributed by atoms with Crippen LogP contribution in [0.5, 0.6) is 0 Å². The van der Waals surface area contributed by atoms with Gasteiger partial charge in [-0.15, -0.1) is 0 Å². The predicted molar refractivity (Wildman–Crippen MR) is 107 cm³/mol. The molecule has 1 aliphatic rings. The van der Waals surface area contributed by atoms with Gasteiger partial charge in [0.2, 0.25) is 0 Å². The maximum absolute atomic E-state index is 13.0. The summed E-state index contributed by atoms with van der Waals surface area (Å²) >= 11 is 0. The van der Waals surface area contributed by atoms with Crippen LogP contribution in [0.15, 0.2) is 59.6 Å². The third-order valence-electron chi connectivity index (χ3n) is 4.96. The molecule has 0 radical (unpaired) electrons. The molecule has 1 heterocycles. The lowest BCUT2D eigenvalue weighted by molar-refractivity contribution is 0.186. The molecule has 2 unspecified atom stereocenters. The van der Waals surface area contributed by atoms with Crippen molar-refractivity contribution in [2.75, 3.05) is 26.2 Å². The molecule has 5 heteroatoms. The van der Waals surface area contributed by atoms with Crippen LogP contribution in [-0.2, 0) is 6.42 Å². The average molecular weight is 369 g/mol. The maximum atomic E-state index is 13.0. The Hall–Kier alpha value is -2.40. The standard InChI is InChI=1S/C22H28FN3O/c1-2-24-22(25-15-21(27)19-8-10-20(23)11-9-19)26-13-12-18(16-26)14-17-6-4-3-5-7-17/h3-11,18,21,27H,2,12-16H2,1H3,(H,24,25). The minimum atomic E-state index is -0.734. The Bertz CT molecular complexity index is 733. The molecule has 0 bridgehead atoms. The number of guanidine groups is 1. The molecule has 0 aromatic heterocycles. The van der Waals surface area contributed by atoms with Crippen molar-refractivity contribution < 1.29 is 9.50 Å². The number of halogens is 1. The molecule has 2 N–H and O–H groups in total. The number of aliphatic hydroxyl groups excluding tert-OH is 1. The average Bonchev–Trinajstić information content (AvgIpc) is 3.14. The Labute approximate surface area is 160 Å². The van der Waals surface area contributed by atoms with E-state index < -0.39 is 6.10 Å². The van der Waals surface area contributed by atoms with Gasteiger partial charge in [-0.3, -0.25) is 4.99 Å². The van der Waals surface area contributed by atoms with E-state index in [2.05, 4.69) is 39.5 Å². The van der Waals surface area contributed by atoms with Gasteiger partial charge in [0, 0.05) is 19.6 Å². The van der Waals surface area contributed by atoms with Crippen molar-refractivity contribution >= 4 is 5.96 Å². The minimum Gasteiger partial charge on any atom is -0.386 e. The zero-order valence-electron chi connectivity index (χ0n) is 15.8. The lowest BCUT2D eigenvalue weighted by atomic mass is 9.99. The van der Waals surface area contributed by atoms with Crippen LogP contribution in [0.3, 0.4) is 0 Å². The highest BCUT2D eigenvalue weighted by molar-refractivity contribution is 5.80. The largest absolute Gasteiger partial charge is 0.386 e. The van der Waals surface area contributed by atoms with Crippen molar-refractivity contribution in [2.24, 2.45) is 10.9 Å². The first-order valence-corrected chi connectivity index (χ1v) is 9.66. The van der Waals surface area contributed by atoms with Crippen molar-refractivity contribution in [3.63, 3.8) is 0 Å². The Morgan fingerprint density at radius 2 is 1.96 bits per heavy atom. The molecule has 2 aromatic rings. The maximum Gasteiger partial charge on any atom is 0.194 e. The SMILES string of the molecule is CCNC(=NCC(O)c1ccc(F)cc1)N1CCC(Cc2ccccc2)C1. The highest BCUT2D eigenvalue weighted by Crippen LogP contribution is 2.21. The molecular formula is C22H28FN3O. The highest BCUT2D eigenvalue weighted by Gasteiger charge is 2.25. The van der Waals surface area contributed by atoms with Crippen LogP contribution in [0.4, 0.5) is 4.39 Å². The van der Waals surface area contributed by atoms with Crippen LogP contribution in [-0.4, -0.2) is 42.1 Å². The van der Waals surface area contributed by atoms with E-state index in [0.717, 1.165) is 38.4 Å². The summed E-state index contributed by atoms with van der Waals surface area (Å²) in [6.07, 6.45) is 1.48. The highest BCUT2D eigenvalue weighted by atomic mass is 19.1. The van der Waals surface area contributed by atoms with E-state index in [0.29, 0.717) is 11.5 Å². The topological polar surface area (TPSA) is 47.9 Å². The van der Waals surface area contributed by atoms with Crippen LogP contribution in [0.2, 0.25) is 0 Å². The molecular weight excluding hydrogens is 341 g/mol. The Kier molecular flexibility index (Phi) is 6.82. The van der Waals surface area contributed by atoms with Crippen LogP contribution in [0.1, 0.15) is 30.6 Å². The number of aliphatic imine (C=N–C) groups is 1. The molecule has 0 spiro atoms. The second-order valence-corrected chi connectivity index (χ2v) is 7.05. The molecule has 4 nitrogen and oxygen atoms in total. The van der Waals surface area contributed by atoms with Gasteiger partial charge in [-0.2, -0.15) is 0 Å². The third kappa shape index (κ3) is 5.54. The van der Waals surface area contributed by atoms with Crippen LogP contribution < -0.4 is 5.32 Å².